The van der Waals surface area contributed by atoms with Gasteiger partial charge in [0.15, 0.2) is 11.7 Å². The van der Waals surface area contributed by atoms with Crippen molar-refractivity contribution in [1.29, 1.82) is 10.8 Å². The Balaban J connectivity index is 2.52. The fraction of sp³-hybridized carbons (Fsp3) is 0.500. The van der Waals surface area contributed by atoms with Gasteiger partial charge in [-0.05, 0) is 0 Å². The van der Waals surface area contributed by atoms with Crippen LogP contribution >= 0.6 is 0 Å². The van der Waals surface area contributed by atoms with Gasteiger partial charge in [-0.25, -0.2) is 0 Å². The minimum Gasteiger partial charge on any atom is -0.366 e. The van der Waals surface area contributed by atoms with Gasteiger partial charge in [-0.15, -0.1) is 0 Å². The molecule has 4 nitrogen and oxygen atoms in total. The highest BCUT2D eigenvalue weighted by atomic mass is 15.1. The number of amidine groups is 2. The van der Waals surface area contributed by atoms with Crippen molar-refractivity contribution in [2.45, 2.75) is 0 Å². The summed E-state index contributed by atoms with van der Waals surface area (Å²) in [4.78, 5) is 0. The molecule has 1 heterocycles. The highest BCUT2D eigenvalue weighted by Crippen LogP contribution is 1.77. The van der Waals surface area contributed by atoms with E-state index in [1.165, 1.54) is 0 Å². The fourth-order valence-electron chi connectivity index (χ4n) is 0.511. The quantitative estimate of drug-likeness (QED) is 0.374. The second kappa shape index (κ2) is 1.81. The zero-order valence-electron chi connectivity index (χ0n) is 4.36. The van der Waals surface area contributed by atoms with E-state index in [-0.39, 0.29) is 11.7 Å². The molecule has 1 radical (unpaired) electrons. The van der Waals surface area contributed by atoms with Crippen molar-refractivity contribution in [3.63, 3.8) is 0 Å². The lowest BCUT2D eigenvalue weighted by Crippen LogP contribution is -2.44. The van der Waals surface area contributed by atoms with Crippen LogP contribution in [0.1, 0.15) is 0 Å². The molecular weight excluding hydrogens is 104 g/mol. The Morgan fingerprint density at radius 1 is 1.50 bits per heavy atom. The Bertz CT molecular complexity index is 112. The molecule has 3 N–H and O–H groups in total. The van der Waals surface area contributed by atoms with Gasteiger partial charge in [0.2, 0.25) is 0 Å². The number of nitrogens with zero attached hydrogens (tertiary/aromatic N) is 1. The fourth-order valence-corrected chi connectivity index (χ4v) is 0.511. The molecule has 43 valence electrons. The molecule has 1 aliphatic rings. The maximum Gasteiger partial charge on any atom is 0.182 e. The Labute approximate surface area is 47.3 Å². The van der Waals surface area contributed by atoms with E-state index in [0.717, 1.165) is 0 Å². The van der Waals surface area contributed by atoms with Crippen LogP contribution in [0.25, 0.3) is 0 Å². The number of rotatable bonds is 0. The molecule has 0 saturated carbocycles. The third kappa shape index (κ3) is 0.776. The van der Waals surface area contributed by atoms with Gasteiger partial charge < -0.3 is 5.32 Å². The molecule has 0 aromatic rings. The van der Waals surface area contributed by atoms with Crippen LogP contribution in [-0.2, 0) is 0 Å². The predicted octanol–water partition coefficient (Wildman–Crippen LogP) is -0.851. The third-order valence-corrected chi connectivity index (χ3v) is 0.920. The highest BCUT2D eigenvalue weighted by molar-refractivity contribution is 6.38. The molecule has 0 bridgehead atoms. The van der Waals surface area contributed by atoms with Crippen LogP contribution in [0.2, 0.25) is 0 Å². The zero-order chi connectivity index (χ0) is 5.98. The molecule has 8 heavy (non-hydrogen) atoms. The Kier molecular flexibility index (Phi) is 1.15. The molecular formula is C4H7N4. The third-order valence-electron chi connectivity index (χ3n) is 0.920. The molecule has 4 heteroatoms. The average molecular weight is 111 g/mol. The number of hydrogen-bond donors (Lipinski definition) is 3. The van der Waals surface area contributed by atoms with Crippen molar-refractivity contribution < 1.29 is 0 Å². The van der Waals surface area contributed by atoms with Gasteiger partial charge in [0, 0.05) is 6.54 Å². The number of nitrogens with one attached hydrogen (secondary N) is 3. The lowest BCUT2D eigenvalue weighted by Gasteiger charge is -2.13. The lowest BCUT2D eigenvalue weighted by atomic mass is 10.4. The van der Waals surface area contributed by atoms with E-state index in [1.54, 1.807) is 0 Å². The van der Waals surface area contributed by atoms with Gasteiger partial charge in [0.25, 0.3) is 0 Å². The van der Waals surface area contributed by atoms with Gasteiger partial charge in [0.05, 0.1) is 6.54 Å². The van der Waals surface area contributed by atoms with Crippen LogP contribution in [0, 0.1) is 10.8 Å². The van der Waals surface area contributed by atoms with Crippen molar-refractivity contribution in [2.24, 2.45) is 0 Å². The molecule has 0 spiro atoms. The summed E-state index contributed by atoms with van der Waals surface area (Å²) in [5, 5.41) is 20.3. The predicted molar refractivity (Wildman–Crippen MR) is 30.5 cm³/mol. The second-order valence-corrected chi connectivity index (χ2v) is 1.53. The van der Waals surface area contributed by atoms with Crippen molar-refractivity contribution in [3.05, 3.63) is 0 Å². The highest BCUT2D eigenvalue weighted by Gasteiger charge is 2.09. The minimum absolute atomic E-state index is 0.0660. The van der Waals surface area contributed by atoms with E-state index in [1.807, 2.05) is 0 Å². The molecule has 0 amide bonds. The first-order chi connectivity index (χ1) is 3.80. The van der Waals surface area contributed by atoms with Crippen molar-refractivity contribution in [2.75, 3.05) is 13.1 Å². The van der Waals surface area contributed by atoms with Gasteiger partial charge in [-0.1, -0.05) is 0 Å². The first kappa shape index (κ1) is 5.08. The van der Waals surface area contributed by atoms with Crippen LogP contribution in [0.15, 0.2) is 0 Å². The largest absolute Gasteiger partial charge is 0.366 e. The molecule has 0 atom stereocenters. The molecule has 1 fully saturated rings. The van der Waals surface area contributed by atoms with Gasteiger partial charge in [-0.3, -0.25) is 16.1 Å². The zero-order valence-corrected chi connectivity index (χ0v) is 4.36. The van der Waals surface area contributed by atoms with E-state index in [0.29, 0.717) is 13.1 Å². The number of hydrogen-bond acceptors (Lipinski definition) is 2. The summed E-state index contributed by atoms with van der Waals surface area (Å²) in [5.41, 5.74) is 0. The summed E-state index contributed by atoms with van der Waals surface area (Å²) >= 11 is 0. The molecule has 0 aromatic carbocycles. The molecule has 1 aliphatic heterocycles. The molecule has 0 aliphatic carbocycles. The summed E-state index contributed by atoms with van der Waals surface area (Å²) in [6, 6.07) is 0. The Hall–Kier alpha value is -1.06. The molecule has 1 saturated heterocycles. The van der Waals surface area contributed by atoms with E-state index in [9.17, 15) is 0 Å². The van der Waals surface area contributed by atoms with Crippen LogP contribution in [-0.4, -0.2) is 24.8 Å². The summed E-state index contributed by atoms with van der Waals surface area (Å²) < 4.78 is 0. The number of piperazine rings is 1. The van der Waals surface area contributed by atoms with E-state index >= 15 is 0 Å². The SMILES string of the molecule is N=C1[N]CCNC1=N. The Morgan fingerprint density at radius 3 is 2.62 bits per heavy atom. The first-order valence-corrected chi connectivity index (χ1v) is 2.39. The van der Waals surface area contributed by atoms with Crippen LogP contribution in [0.3, 0.4) is 0 Å². The Morgan fingerprint density at radius 2 is 2.25 bits per heavy atom. The van der Waals surface area contributed by atoms with Crippen molar-refractivity contribution in [3.8, 4) is 0 Å². The summed E-state index contributed by atoms with van der Waals surface area (Å²) in [6.07, 6.45) is 0. The van der Waals surface area contributed by atoms with Crippen LogP contribution < -0.4 is 10.6 Å². The van der Waals surface area contributed by atoms with Gasteiger partial charge in [0.1, 0.15) is 0 Å². The molecule has 0 aromatic heterocycles. The molecule has 1 rings (SSSR count). The topological polar surface area (TPSA) is 73.8 Å². The smallest absolute Gasteiger partial charge is 0.182 e. The van der Waals surface area contributed by atoms with Gasteiger partial charge >= 0.3 is 0 Å². The first-order valence-electron chi connectivity index (χ1n) is 2.39. The maximum atomic E-state index is 6.97. The van der Waals surface area contributed by atoms with E-state index in [2.05, 4.69) is 10.6 Å². The van der Waals surface area contributed by atoms with Crippen molar-refractivity contribution >= 4 is 11.7 Å². The maximum absolute atomic E-state index is 6.97. The average Bonchev–Trinajstić information content (AvgIpc) is 1.77. The van der Waals surface area contributed by atoms with Crippen LogP contribution in [0.4, 0.5) is 0 Å². The van der Waals surface area contributed by atoms with E-state index < -0.39 is 0 Å². The normalized spacial score (nSPS) is 19.5. The summed E-state index contributed by atoms with van der Waals surface area (Å²) in [5.74, 6) is 0.201. The minimum atomic E-state index is 0.0660. The van der Waals surface area contributed by atoms with Crippen molar-refractivity contribution in [1.82, 2.24) is 10.6 Å². The second-order valence-electron chi connectivity index (χ2n) is 1.53. The molecule has 0 unspecified atom stereocenters. The van der Waals surface area contributed by atoms with Gasteiger partial charge in [-0.2, -0.15) is 0 Å². The van der Waals surface area contributed by atoms with E-state index in [4.69, 9.17) is 10.8 Å². The summed E-state index contributed by atoms with van der Waals surface area (Å²) in [6.45, 7) is 1.32. The monoisotopic (exact) mass is 111 g/mol. The standard InChI is InChI=1S/C4H7N4/c5-3-4(6)8-2-1-7-3/h5H,1-2H2,(H2,6,8). The lowest BCUT2D eigenvalue weighted by molar-refractivity contribution is 0.771. The van der Waals surface area contributed by atoms with Crippen LogP contribution in [0.5, 0.6) is 0 Å². The summed E-state index contributed by atoms with van der Waals surface area (Å²) in [7, 11) is 0.